The zero-order valence-corrected chi connectivity index (χ0v) is 32.4. The Hall–Kier alpha value is -5.63. The Bertz CT molecular complexity index is 2020. The molecule has 3 aliphatic heterocycles. The Balaban J connectivity index is 1.24. The number of allylic oxidation sites excluding steroid dienone is 1. The number of nitrogens with zero attached hydrogens (tertiary/aromatic N) is 3. The molecule has 56 heavy (non-hydrogen) atoms. The van der Waals surface area contributed by atoms with Gasteiger partial charge >= 0.3 is 22.4 Å². The Morgan fingerprint density at radius 3 is 2.36 bits per heavy atom. The van der Waals surface area contributed by atoms with Gasteiger partial charge in [0.25, 0.3) is 5.91 Å². The molecular formula is C39H47N7O9S. The topological polar surface area (TPSA) is 216 Å². The molecule has 1 saturated carbocycles. The van der Waals surface area contributed by atoms with Crippen molar-refractivity contribution in [3.63, 3.8) is 0 Å². The number of carbonyl (C=O) groups is 5. The van der Waals surface area contributed by atoms with Gasteiger partial charge in [0.15, 0.2) is 0 Å². The molecule has 0 aromatic heterocycles. The maximum absolute atomic E-state index is 14.4. The van der Waals surface area contributed by atoms with Crippen LogP contribution in [0.5, 0.6) is 0 Å². The van der Waals surface area contributed by atoms with E-state index in [2.05, 4.69) is 15.4 Å². The summed E-state index contributed by atoms with van der Waals surface area (Å²) in [7, 11) is -4.49. The van der Waals surface area contributed by atoms with Gasteiger partial charge in [0, 0.05) is 25.4 Å². The Labute approximate surface area is 326 Å². The Morgan fingerprint density at radius 2 is 1.70 bits per heavy atom. The van der Waals surface area contributed by atoms with Crippen molar-refractivity contribution in [3.05, 3.63) is 77.4 Å². The number of anilines is 1. The lowest BCUT2D eigenvalue weighted by atomic mass is 10.0. The van der Waals surface area contributed by atoms with E-state index in [9.17, 15) is 32.4 Å². The molecular weight excluding hydrogens is 743 g/mol. The molecule has 4 N–H and O–H groups in total. The minimum Gasteiger partial charge on any atom is -0.444 e. The summed E-state index contributed by atoms with van der Waals surface area (Å²) in [5.41, 5.74) is -0.129. The third-order valence-corrected chi connectivity index (χ3v) is 11.2. The third kappa shape index (κ3) is 9.59. The first-order valence-electron chi connectivity index (χ1n) is 18.7. The molecule has 2 aromatic carbocycles. The number of nitriles is 1. The summed E-state index contributed by atoms with van der Waals surface area (Å²) in [6.07, 6.45) is 4.19. The lowest BCUT2D eigenvalue weighted by Gasteiger charge is -2.30. The number of alkyl carbamates (subject to hydrolysis) is 1. The average molecular weight is 790 g/mol. The molecule has 0 unspecified atom stereocenters. The van der Waals surface area contributed by atoms with Crippen LogP contribution in [0.3, 0.4) is 0 Å². The predicted octanol–water partition coefficient (Wildman–Crippen LogP) is 3.74. The minimum atomic E-state index is -4.49. The van der Waals surface area contributed by atoms with Gasteiger partial charge in [-0.2, -0.15) is 13.7 Å². The lowest BCUT2D eigenvalue weighted by Crippen LogP contribution is -2.58. The highest BCUT2D eigenvalue weighted by Crippen LogP contribution is 2.46. The van der Waals surface area contributed by atoms with Gasteiger partial charge in [-0.05, 0) is 81.8 Å². The number of ether oxygens (including phenoxy) is 2. The van der Waals surface area contributed by atoms with Gasteiger partial charge in [-0.3, -0.25) is 24.0 Å². The zero-order valence-electron chi connectivity index (χ0n) is 31.6. The molecule has 4 aliphatic rings. The molecule has 298 valence electrons. The van der Waals surface area contributed by atoms with E-state index in [-0.39, 0.29) is 31.5 Å². The van der Waals surface area contributed by atoms with Crippen molar-refractivity contribution < 1.29 is 41.9 Å². The van der Waals surface area contributed by atoms with Gasteiger partial charge in [-0.15, -0.1) is 0 Å². The average Bonchev–Trinajstić information content (AvgIpc) is 3.43. The fraction of sp³-hybridized carbons (Fsp3) is 0.487. The van der Waals surface area contributed by atoms with E-state index in [1.165, 1.54) is 34.1 Å². The second kappa shape index (κ2) is 16.2. The second-order valence-corrected chi connectivity index (χ2v) is 17.0. The van der Waals surface area contributed by atoms with Crippen LogP contribution in [0.1, 0.15) is 82.4 Å². The van der Waals surface area contributed by atoms with Crippen molar-refractivity contribution in [2.24, 2.45) is 5.92 Å². The van der Waals surface area contributed by atoms with Gasteiger partial charge < -0.3 is 25.0 Å². The Morgan fingerprint density at radius 1 is 1.00 bits per heavy atom. The van der Waals surface area contributed by atoms with Crippen LogP contribution < -0.4 is 20.1 Å². The van der Waals surface area contributed by atoms with Crippen LogP contribution in [-0.4, -0.2) is 84.0 Å². The molecule has 3 heterocycles. The molecule has 16 nitrogen and oxygen atoms in total. The monoisotopic (exact) mass is 789 g/mol. The summed E-state index contributed by atoms with van der Waals surface area (Å²) >= 11 is 0. The van der Waals surface area contributed by atoms with E-state index in [0.29, 0.717) is 37.9 Å². The molecule has 0 bridgehead atoms. The molecule has 1 aliphatic carbocycles. The number of fused-ring (bicyclic) bond motifs is 3. The summed E-state index contributed by atoms with van der Waals surface area (Å²) < 4.78 is 41.9. The summed E-state index contributed by atoms with van der Waals surface area (Å²) in [5.74, 6) is -2.88. The van der Waals surface area contributed by atoms with Crippen molar-refractivity contribution in [1.29, 1.82) is 5.26 Å². The summed E-state index contributed by atoms with van der Waals surface area (Å²) in [5, 5.41) is 14.5. The number of carbonyl (C=O) groups excluding carboxylic acids is 5. The number of rotatable bonds is 6. The lowest BCUT2D eigenvalue weighted by molar-refractivity contribution is -0.141. The summed E-state index contributed by atoms with van der Waals surface area (Å²) in [6, 6.07) is 12.8. The van der Waals surface area contributed by atoms with Gasteiger partial charge in [0.05, 0.1) is 23.9 Å². The predicted molar refractivity (Wildman–Crippen MR) is 202 cm³/mol. The van der Waals surface area contributed by atoms with Crippen molar-refractivity contribution in [1.82, 2.24) is 25.2 Å². The van der Waals surface area contributed by atoms with E-state index in [4.69, 9.17) is 14.7 Å². The molecule has 1 saturated heterocycles. The fourth-order valence-corrected chi connectivity index (χ4v) is 8.22. The molecule has 0 spiro atoms. The normalized spacial score (nSPS) is 25.8. The van der Waals surface area contributed by atoms with Crippen molar-refractivity contribution in [2.45, 2.75) is 108 Å². The number of hydrogen-bond acceptors (Lipinski definition) is 10. The first kappa shape index (κ1) is 40.0. The van der Waals surface area contributed by atoms with Crippen LogP contribution in [0.25, 0.3) is 0 Å². The van der Waals surface area contributed by atoms with Crippen LogP contribution in [0.15, 0.2) is 60.7 Å². The number of hydrogen-bond donors (Lipinski definition) is 4. The van der Waals surface area contributed by atoms with E-state index in [0.717, 1.165) is 17.5 Å². The van der Waals surface area contributed by atoms with Crippen LogP contribution in [0, 0.1) is 17.2 Å². The van der Waals surface area contributed by atoms with Crippen molar-refractivity contribution >= 4 is 45.8 Å². The van der Waals surface area contributed by atoms with Crippen molar-refractivity contribution in [2.75, 3.05) is 11.3 Å². The van der Waals surface area contributed by atoms with Crippen LogP contribution in [0.4, 0.5) is 15.3 Å². The van der Waals surface area contributed by atoms with E-state index >= 15 is 0 Å². The van der Waals surface area contributed by atoms with E-state index in [1.807, 2.05) is 41.1 Å². The largest absolute Gasteiger partial charge is 0.444 e. The number of amides is 5. The molecule has 5 atom stereocenters. The molecule has 5 amide bonds. The maximum atomic E-state index is 14.4. The zero-order chi connectivity index (χ0) is 40.3. The first-order chi connectivity index (χ1) is 26.6. The van der Waals surface area contributed by atoms with Crippen LogP contribution >= 0.6 is 0 Å². The smallest absolute Gasteiger partial charge is 0.410 e. The molecule has 6 rings (SSSR count). The van der Waals surface area contributed by atoms with Crippen LogP contribution in [0.2, 0.25) is 0 Å². The first-order valence-corrected chi connectivity index (χ1v) is 20.2. The molecule has 0 radical (unpaired) electrons. The highest BCUT2D eigenvalue weighted by molar-refractivity contribution is 7.91. The quantitative estimate of drug-likeness (QED) is 0.311. The fourth-order valence-electron chi connectivity index (χ4n) is 7.30. The van der Waals surface area contributed by atoms with E-state index in [1.54, 1.807) is 26.8 Å². The molecule has 2 fully saturated rings. The van der Waals surface area contributed by atoms with Crippen molar-refractivity contribution in [3.8, 4) is 6.07 Å². The van der Waals surface area contributed by atoms with Gasteiger partial charge in [0.2, 0.25) is 11.8 Å². The third-order valence-electron chi connectivity index (χ3n) is 10.2. The molecule has 2 aromatic rings. The Kier molecular flexibility index (Phi) is 11.6. The number of nitrogens with one attached hydrogen (secondary N) is 4. The van der Waals surface area contributed by atoms with Crippen LogP contribution in [-0.2, 0) is 47.2 Å². The molecule has 17 heteroatoms. The van der Waals surface area contributed by atoms with E-state index < -0.39 is 75.4 Å². The second-order valence-electron chi connectivity index (χ2n) is 15.6. The summed E-state index contributed by atoms with van der Waals surface area (Å²) in [4.78, 5) is 71.7. The highest BCUT2D eigenvalue weighted by atomic mass is 32.2. The minimum absolute atomic E-state index is 0.0882. The summed E-state index contributed by atoms with van der Waals surface area (Å²) in [6.45, 7) is 5.60. The van der Waals surface area contributed by atoms with Gasteiger partial charge in [-0.25, -0.2) is 14.3 Å². The standard InChI is InChI=1S/C39H47N7O9S/c1-38(2,3)55-36(50)41-31-14-8-6-4-5-7-13-28-20-39(28,35(49)44-56(52,53)43-29-17-15-25(21-40)16-18-29)42-33(47)32-19-30(24-46(32)34(31)48)54-37(51)45-22-26-11-9-10-12-27(26)23-45/h7,9-13,15-18,28,30-32,43H,4-6,8,14,19-20,22-24H2,1-3H3,(H,41,50)(H,42,47)(H,44,49)/b13-7-/t28-,30+,31-,32-,39+/m0/s1. The highest BCUT2D eigenvalue weighted by Gasteiger charge is 2.61. The van der Waals surface area contributed by atoms with Gasteiger partial charge in [0.1, 0.15) is 29.3 Å². The number of benzene rings is 2. The SMILES string of the molecule is CC(C)(C)OC(=O)N[C@H]1CCCCC/C=C\[C@H]2C[C@@]2(C(=O)NS(=O)(=O)Nc2ccc(C#N)cc2)NC(=O)[C@@H]2C[C@@H](OC(=O)N3Cc4ccccc4C3)CN2C1=O. The maximum Gasteiger partial charge on any atom is 0.410 e. The van der Waals surface area contributed by atoms with Gasteiger partial charge in [-0.1, -0.05) is 49.3 Å².